The number of piperidine rings is 1. The van der Waals surface area contributed by atoms with Gasteiger partial charge in [0.25, 0.3) is 0 Å². The number of hydrogen-bond donors (Lipinski definition) is 0. The largest absolute Gasteiger partial charge is 0.493 e. The van der Waals surface area contributed by atoms with Crippen LogP contribution in [0.3, 0.4) is 0 Å². The van der Waals surface area contributed by atoms with E-state index in [4.69, 9.17) is 9.47 Å². The number of sulfonamides is 1. The van der Waals surface area contributed by atoms with E-state index < -0.39 is 10.0 Å². The van der Waals surface area contributed by atoms with E-state index in [1.807, 2.05) is 23.1 Å². The Bertz CT molecular complexity index is 1080. The Balaban J connectivity index is 1.30. The smallest absolute Gasteiger partial charge is 0.243 e. The van der Waals surface area contributed by atoms with Gasteiger partial charge in [0.2, 0.25) is 15.9 Å². The summed E-state index contributed by atoms with van der Waals surface area (Å²) in [4.78, 5) is 17.6. The fourth-order valence-electron chi connectivity index (χ4n) is 4.70. The molecule has 1 amide bonds. The van der Waals surface area contributed by atoms with Gasteiger partial charge >= 0.3 is 0 Å². The summed E-state index contributed by atoms with van der Waals surface area (Å²) in [5, 5.41) is 0. The lowest BCUT2D eigenvalue weighted by Gasteiger charge is -2.38. The predicted octanol–water partition coefficient (Wildman–Crippen LogP) is 2.45. The summed E-state index contributed by atoms with van der Waals surface area (Å²) in [5.74, 6) is 0.884. The number of amides is 1. The SMILES string of the molecule is COc1ccc(S(=O)(=O)N2CCC(C(=O)N3CCN(Cc4ccccc4)CC3)CC2)cc1OC. The standard InChI is InChI=1S/C25H33N3O5S/c1-32-23-9-8-22(18-24(23)33-2)34(30,31)28-12-10-21(11-13-28)25(29)27-16-14-26(15-17-27)19-20-6-4-3-5-7-20/h3-9,18,21H,10-17,19H2,1-2H3. The van der Waals surface area contributed by atoms with Crippen molar-refractivity contribution in [3.8, 4) is 11.5 Å². The van der Waals surface area contributed by atoms with Crippen molar-refractivity contribution < 1.29 is 22.7 Å². The molecule has 0 spiro atoms. The van der Waals surface area contributed by atoms with Crippen LogP contribution in [0.2, 0.25) is 0 Å². The van der Waals surface area contributed by atoms with Crippen molar-refractivity contribution >= 4 is 15.9 Å². The normalized spacial score (nSPS) is 18.6. The molecule has 0 bridgehead atoms. The number of piperazine rings is 1. The molecular weight excluding hydrogens is 454 g/mol. The van der Waals surface area contributed by atoms with Gasteiger partial charge in [-0.15, -0.1) is 0 Å². The van der Waals surface area contributed by atoms with Crippen LogP contribution in [0.4, 0.5) is 0 Å². The van der Waals surface area contributed by atoms with Gasteiger partial charge in [0.05, 0.1) is 19.1 Å². The maximum Gasteiger partial charge on any atom is 0.243 e. The molecule has 0 saturated carbocycles. The number of carbonyl (C=O) groups excluding carboxylic acids is 1. The zero-order valence-electron chi connectivity index (χ0n) is 19.9. The minimum Gasteiger partial charge on any atom is -0.493 e. The number of nitrogens with zero attached hydrogens (tertiary/aromatic N) is 3. The minimum absolute atomic E-state index is 0.127. The molecule has 2 heterocycles. The molecule has 0 unspecified atom stereocenters. The van der Waals surface area contributed by atoms with Crippen LogP contribution >= 0.6 is 0 Å². The summed E-state index contributed by atoms with van der Waals surface area (Å²) in [6.45, 7) is 4.71. The highest BCUT2D eigenvalue weighted by Gasteiger charge is 2.35. The first-order valence-corrected chi connectivity index (χ1v) is 13.1. The molecule has 4 rings (SSSR count). The summed E-state index contributed by atoms with van der Waals surface area (Å²) in [7, 11) is -0.675. The van der Waals surface area contributed by atoms with Crippen molar-refractivity contribution in [2.75, 3.05) is 53.5 Å². The van der Waals surface area contributed by atoms with Crippen molar-refractivity contribution in [3.05, 3.63) is 54.1 Å². The Labute approximate surface area is 202 Å². The van der Waals surface area contributed by atoms with Crippen molar-refractivity contribution in [2.24, 2.45) is 5.92 Å². The highest BCUT2D eigenvalue weighted by molar-refractivity contribution is 7.89. The maximum absolute atomic E-state index is 13.1. The number of rotatable bonds is 7. The zero-order chi connectivity index (χ0) is 24.1. The lowest BCUT2D eigenvalue weighted by molar-refractivity contribution is -0.138. The highest BCUT2D eigenvalue weighted by Crippen LogP contribution is 2.32. The van der Waals surface area contributed by atoms with E-state index in [0.717, 1.165) is 32.7 Å². The van der Waals surface area contributed by atoms with Gasteiger partial charge in [-0.05, 0) is 30.5 Å². The molecule has 9 heteroatoms. The van der Waals surface area contributed by atoms with Crippen LogP contribution in [0.25, 0.3) is 0 Å². The molecule has 2 aliphatic heterocycles. The summed E-state index contributed by atoms with van der Waals surface area (Å²) in [5.41, 5.74) is 1.28. The molecule has 184 valence electrons. The number of benzene rings is 2. The molecule has 2 fully saturated rings. The maximum atomic E-state index is 13.1. The van der Waals surface area contributed by atoms with Crippen LogP contribution in [0.5, 0.6) is 11.5 Å². The van der Waals surface area contributed by atoms with Gasteiger partial charge in [-0.25, -0.2) is 8.42 Å². The van der Waals surface area contributed by atoms with E-state index in [-0.39, 0.29) is 16.7 Å². The van der Waals surface area contributed by atoms with Gasteiger partial charge in [0.1, 0.15) is 0 Å². The monoisotopic (exact) mass is 487 g/mol. The summed E-state index contributed by atoms with van der Waals surface area (Å²) in [6.07, 6.45) is 1.07. The van der Waals surface area contributed by atoms with Crippen LogP contribution in [0, 0.1) is 5.92 Å². The summed E-state index contributed by atoms with van der Waals surface area (Å²) < 4.78 is 38.2. The zero-order valence-corrected chi connectivity index (χ0v) is 20.7. The Morgan fingerprint density at radius 2 is 1.53 bits per heavy atom. The molecule has 0 aromatic heterocycles. The molecule has 0 aliphatic carbocycles. The van der Waals surface area contributed by atoms with Crippen molar-refractivity contribution in [2.45, 2.75) is 24.3 Å². The number of hydrogen-bond acceptors (Lipinski definition) is 6. The molecular formula is C25H33N3O5S. The van der Waals surface area contributed by atoms with E-state index >= 15 is 0 Å². The van der Waals surface area contributed by atoms with E-state index in [0.29, 0.717) is 37.4 Å². The molecule has 0 radical (unpaired) electrons. The molecule has 2 aliphatic rings. The average molecular weight is 488 g/mol. The van der Waals surface area contributed by atoms with Crippen molar-refractivity contribution in [1.29, 1.82) is 0 Å². The van der Waals surface area contributed by atoms with E-state index in [2.05, 4.69) is 17.0 Å². The Kier molecular flexibility index (Phi) is 7.75. The van der Waals surface area contributed by atoms with E-state index in [1.165, 1.54) is 36.2 Å². The van der Waals surface area contributed by atoms with Crippen LogP contribution < -0.4 is 9.47 Å². The van der Waals surface area contributed by atoms with Gasteiger partial charge < -0.3 is 14.4 Å². The van der Waals surface area contributed by atoms with Gasteiger partial charge in [-0.1, -0.05) is 30.3 Å². The van der Waals surface area contributed by atoms with Gasteiger partial charge in [0.15, 0.2) is 11.5 Å². The third-order valence-electron chi connectivity index (χ3n) is 6.73. The van der Waals surface area contributed by atoms with Crippen LogP contribution in [0.1, 0.15) is 18.4 Å². The fourth-order valence-corrected chi connectivity index (χ4v) is 6.18. The van der Waals surface area contributed by atoms with Crippen LogP contribution in [-0.4, -0.2) is 81.9 Å². The third kappa shape index (κ3) is 5.37. The number of methoxy groups -OCH3 is 2. The van der Waals surface area contributed by atoms with Crippen LogP contribution in [-0.2, 0) is 21.4 Å². The molecule has 8 nitrogen and oxygen atoms in total. The quantitative estimate of drug-likeness (QED) is 0.597. The lowest BCUT2D eigenvalue weighted by Crippen LogP contribution is -2.51. The molecule has 2 aromatic rings. The summed E-state index contributed by atoms with van der Waals surface area (Å²) >= 11 is 0. The summed E-state index contributed by atoms with van der Waals surface area (Å²) in [6, 6.07) is 15.0. The van der Waals surface area contributed by atoms with Gasteiger partial charge in [-0.3, -0.25) is 9.69 Å². The Morgan fingerprint density at radius 1 is 0.882 bits per heavy atom. The molecule has 0 atom stereocenters. The minimum atomic E-state index is -3.66. The van der Waals surface area contributed by atoms with Crippen LogP contribution in [0.15, 0.2) is 53.4 Å². The van der Waals surface area contributed by atoms with Crippen molar-refractivity contribution in [3.63, 3.8) is 0 Å². The first-order valence-electron chi connectivity index (χ1n) is 11.7. The van der Waals surface area contributed by atoms with E-state index in [1.54, 1.807) is 6.07 Å². The third-order valence-corrected chi connectivity index (χ3v) is 8.62. The molecule has 2 aromatic carbocycles. The highest BCUT2D eigenvalue weighted by atomic mass is 32.2. The predicted molar refractivity (Wildman–Crippen MR) is 129 cm³/mol. The van der Waals surface area contributed by atoms with Gasteiger partial charge in [-0.2, -0.15) is 4.31 Å². The molecule has 34 heavy (non-hydrogen) atoms. The Hall–Kier alpha value is -2.62. The van der Waals surface area contributed by atoms with E-state index in [9.17, 15) is 13.2 Å². The first-order chi connectivity index (χ1) is 16.4. The van der Waals surface area contributed by atoms with Gasteiger partial charge in [0, 0.05) is 57.8 Å². The fraction of sp³-hybridized carbons (Fsp3) is 0.480. The molecule has 0 N–H and O–H groups in total. The topological polar surface area (TPSA) is 79.4 Å². The molecule has 2 saturated heterocycles. The van der Waals surface area contributed by atoms with Crippen molar-refractivity contribution in [1.82, 2.24) is 14.1 Å². The number of carbonyl (C=O) groups is 1. The second-order valence-electron chi connectivity index (χ2n) is 8.78. The second-order valence-corrected chi connectivity index (χ2v) is 10.7. The second kappa shape index (κ2) is 10.8. The average Bonchev–Trinajstić information content (AvgIpc) is 2.89. The first kappa shape index (κ1) is 24.5. The lowest BCUT2D eigenvalue weighted by atomic mass is 9.96. The Morgan fingerprint density at radius 3 is 2.15 bits per heavy atom. The number of ether oxygens (including phenoxy) is 2.